The summed E-state index contributed by atoms with van der Waals surface area (Å²) in [6.45, 7) is 5.61. The highest BCUT2D eigenvalue weighted by Gasteiger charge is 2.66. The first-order valence-electron chi connectivity index (χ1n) is 10.3. The monoisotopic (exact) mass is 491 g/mol. The number of halogens is 2. The van der Waals surface area contributed by atoms with Crippen LogP contribution in [-0.2, 0) is 21.7 Å². The number of carbonyl (C=O) groups is 1. The molecule has 7 heteroatoms. The summed E-state index contributed by atoms with van der Waals surface area (Å²) in [7, 11) is -3.16. The first-order chi connectivity index (χ1) is 14.2. The van der Waals surface area contributed by atoms with Gasteiger partial charge in [-0.3, -0.25) is 4.79 Å². The summed E-state index contributed by atoms with van der Waals surface area (Å²) >= 11 is 3.53. The molecule has 160 valence electrons. The van der Waals surface area contributed by atoms with Crippen molar-refractivity contribution in [1.29, 1.82) is 0 Å². The molecule has 1 fully saturated rings. The summed E-state index contributed by atoms with van der Waals surface area (Å²) in [4.78, 5) is 15.7. The molecule has 1 N–H and O–H groups in total. The standard InChI is InChI=1S/C23H27BrFNO3Si/c1-15-21(30(2,3)25)20(11-12-27)29-23(15)18-13-17(24)9-10-19(18)26(22(23)28)14-16-7-5-4-6-8-16/h4-10,13,15,20-21,27H,11-12,14H2,1-3H3/t15-,20+,21-,23+/m0/s1. The number of fused-ring (bicyclic) bond motifs is 2. The number of ether oxygens (including phenoxy) is 1. The zero-order chi connectivity index (χ0) is 21.7. The van der Waals surface area contributed by atoms with E-state index in [1.807, 2.05) is 55.5 Å². The molecule has 1 spiro atoms. The van der Waals surface area contributed by atoms with Gasteiger partial charge in [0.25, 0.3) is 5.91 Å². The molecule has 0 aromatic heterocycles. The zero-order valence-electron chi connectivity index (χ0n) is 17.4. The van der Waals surface area contributed by atoms with Crippen LogP contribution in [0.3, 0.4) is 0 Å². The van der Waals surface area contributed by atoms with Crippen molar-refractivity contribution in [2.45, 2.75) is 50.2 Å². The molecule has 0 saturated carbocycles. The summed E-state index contributed by atoms with van der Waals surface area (Å²) in [5.41, 5.74) is 1.01. The van der Waals surface area contributed by atoms with Gasteiger partial charge in [-0.15, -0.1) is 0 Å². The lowest BCUT2D eigenvalue weighted by Gasteiger charge is -2.31. The Hall–Kier alpha value is -1.54. The Bertz CT molecular complexity index is 951. The molecule has 2 aromatic carbocycles. The maximum atomic E-state index is 15.4. The maximum Gasteiger partial charge on any atom is 0.264 e. The molecule has 0 unspecified atom stereocenters. The van der Waals surface area contributed by atoms with Gasteiger partial charge in [-0.25, -0.2) is 0 Å². The van der Waals surface area contributed by atoms with Crippen LogP contribution in [0, 0.1) is 5.92 Å². The molecule has 2 aromatic rings. The van der Waals surface area contributed by atoms with Crippen molar-refractivity contribution in [2.24, 2.45) is 5.92 Å². The third kappa shape index (κ3) is 3.36. The minimum atomic E-state index is -3.16. The Balaban J connectivity index is 1.83. The Morgan fingerprint density at radius 3 is 2.57 bits per heavy atom. The number of anilines is 1. The number of hydrogen-bond donors (Lipinski definition) is 1. The normalized spacial score (nSPS) is 28.4. The second-order valence-corrected chi connectivity index (χ2v) is 13.5. The fourth-order valence-electron chi connectivity index (χ4n) is 5.34. The molecule has 1 saturated heterocycles. The molecular weight excluding hydrogens is 465 g/mol. The third-order valence-corrected chi connectivity index (χ3v) is 9.47. The van der Waals surface area contributed by atoms with Crippen LogP contribution >= 0.6 is 15.9 Å². The van der Waals surface area contributed by atoms with E-state index in [2.05, 4.69) is 15.9 Å². The summed E-state index contributed by atoms with van der Waals surface area (Å²) in [6, 6.07) is 15.6. The lowest BCUT2D eigenvalue weighted by Crippen LogP contribution is -2.45. The molecule has 30 heavy (non-hydrogen) atoms. The van der Waals surface area contributed by atoms with Crippen molar-refractivity contribution in [3.63, 3.8) is 0 Å². The summed E-state index contributed by atoms with van der Waals surface area (Å²) in [5, 5.41) is 9.59. The molecule has 1 amide bonds. The predicted octanol–water partition coefficient (Wildman–Crippen LogP) is 5.15. The number of aliphatic hydroxyl groups excluding tert-OH is 1. The SMILES string of the molecule is C[C@H]1[C@H]([Si](C)(C)F)[C@@H](CCO)O[C@]12C(=O)N(Cc1ccccc1)c1ccc(Br)cc12. The lowest BCUT2D eigenvalue weighted by atomic mass is 9.82. The topological polar surface area (TPSA) is 49.8 Å². The molecule has 0 bridgehead atoms. The number of hydrogen-bond acceptors (Lipinski definition) is 3. The van der Waals surface area contributed by atoms with Gasteiger partial charge in [0, 0.05) is 28.1 Å². The van der Waals surface area contributed by atoms with Gasteiger partial charge in [-0.05, 0) is 43.3 Å². The van der Waals surface area contributed by atoms with Crippen LogP contribution in [0.2, 0.25) is 18.6 Å². The van der Waals surface area contributed by atoms with E-state index in [9.17, 15) is 9.90 Å². The zero-order valence-corrected chi connectivity index (χ0v) is 20.0. The van der Waals surface area contributed by atoms with E-state index >= 15 is 4.11 Å². The Morgan fingerprint density at radius 1 is 1.23 bits per heavy atom. The molecule has 4 rings (SSSR count). The van der Waals surface area contributed by atoms with Crippen LogP contribution in [0.1, 0.15) is 24.5 Å². The molecule has 4 nitrogen and oxygen atoms in total. The number of nitrogens with zero attached hydrogens (tertiary/aromatic N) is 1. The van der Waals surface area contributed by atoms with E-state index in [1.54, 1.807) is 18.0 Å². The van der Waals surface area contributed by atoms with E-state index in [0.717, 1.165) is 21.3 Å². The maximum absolute atomic E-state index is 15.4. The van der Waals surface area contributed by atoms with Crippen molar-refractivity contribution in [1.82, 2.24) is 0 Å². The number of aliphatic hydroxyl groups is 1. The first-order valence-corrected chi connectivity index (χ1v) is 14.1. The van der Waals surface area contributed by atoms with Crippen molar-refractivity contribution >= 4 is 35.9 Å². The molecular formula is C23H27BrFNO3Si. The van der Waals surface area contributed by atoms with Gasteiger partial charge in [0.1, 0.15) is 0 Å². The van der Waals surface area contributed by atoms with E-state index in [-0.39, 0.29) is 24.0 Å². The Kier molecular flexibility index (Phi) is 5.68. The van der Waals surface area contributed by atoms with E-state index in [1.165, 1.54) is 0 Å². The van der Waals surface area contributed by atoms with Gasteiger partial charge in [0.2, 0.25) is 8.41 Å². The molecule has 0 aliphatic carbocycles. The largest absolute Gasteiger partial charge is 0.396 e. The van der Waals surface area contributed by atoms with Crippen LogP contribution in [0.4, 0.5) is 9.80 Å². The van der Waals surface area contributed by atoms with E-state index in [4.69, 9.17) is 4.74 Å². The highest BCUT2D eigenvalue weighted by atomic mass is 79.9. The van der Waals surface area contributed by atoms with Gasteiger partial charge < -0.3 is 18.9 Å². The smallest absolute Gasteiger partial charge is 0.264 e. The predicted molar refractivity (Wildman–Crippen MR) is 122 cm³/mol. The first kappa shape index (κ1) is 21.7. The van der Waals surface area contributed by atoms with Crippen molar-refractivity contribution in [3.05, 3.63) is 64.1 Å². The van der Waals surface area contributed by atoms with E-state index in [0.29, 0.717) is 13.0 Å². The van der Waals surface area contributed by atoms with Crippen LogP contribution < -0.4 is 4.90 Å². The minimum absolute atomic E-state index is 0.0955. The van der Waals surface area contributed by atoms with Gasteiger partial charge in [-0.1, -0.05) is 53.2 Å². The Morgan fingerprint density at radius 2 is 1.93 bits per heavy atom. The molecule has 2 heterocycles. The summed E-state index contributed by atoms with van der Waals surface area (Å²) < 4.78 is 22.8. The van der Waals surface area contributed by atoms with Gasteiger partial charge in [0.15, 0.2) is 5.60 Å². The molecule has 2 aliphatic rings. The van der Waals surface area contributed by atoms with Crippen LogP contribution in [0.25, 0.3) is 0 Å². The highest BCUT2D eigenvalue weighted by Crippen LogP contribution is 2.60. The van der Waals surface area contributed by atoms with Crippen molar-refractivity contribution in [2.75, 3.05) is 11.5 Å². The number of rotatable bonds is 5. The lowest BCUT2D eigenvalue weighted by molar-refractivity contribution is -0.146. The summed E-state index contributed by atoms with van der Waals surface area (Å²) in [6.07, 6.45) is -0.156. The van der Waals surface area contributed by atoms with Gasteiger partial charge >= 0.3 is 0 Å². The Labute approximate surface area is 186 Å². The second-order valence-electron chi connectivity index (χ2n) is 8.82. The van der Waals surface area contributed by atoms with Gasteiger partial charge in [0.05, 0.1) is 18.3 Å². The average Bonchev–Trinajstić information content (AvgIpc) is 3.10. The minimum Gasteiger partial charge on any atom is -0.396 e. The van der Waals surface area contributed by atoms with Crippen molar-refractivity contribution in [3.8, 4) is 0 Å². The number of benzene rings is 2. The van der Waals surface area contributed by atoms with E-state index < -0.39 is 20.1 Å². The summed E-state index contributed by atoms with van der Waals surface area (Å²) in [5.74, 6) is -0.474. The van der Waals surface area contributed by atoms with Gasteiger partial charge in [-0.2, -0.15) is 0 Å². The average molecular weight is 492 g/mol. The fourth-order valence-corrected chi connectivity index (χ4v) is 8.24. The number of carbonyl (C=O) groups excluding carboxylic acids is 1. The van der Waals surface area contributed by atoms with Crippen LogP contribution in [-0.4, -0.2) is 32.1 Å². The van der Waals surface area contributed by atoms with Crippen LogP contribution in [0.5, 0.6) is 0 Å². The number of amides is 1. The van der Waals surface area contributed by atoms with Crippen LogP contribution in [0.15, 0.2) is 53.0 Å². The molecule has 4 atom stereocenters. The second kappa shape index (κ2) is 7.86. The van der Waals surface area contributed by atoms with Crippen molar-refractivity contribution < 1.29 is 18.7 Å². The third-order valence-electron chi connectivity index (χ3n) is 6.52. The highest BCUT2D eigenvalue weighted by molar-refractivity contribution is 9.10. The fraction of sp³-hybridized carbons (Fsp3) is 0.435. The molecule has 2 aliphatic heterocycles. The molecule has 0 radical (unpaired) electrons. The quantitative estimate of drug-likeness (QED) is 0.464.